The van der Waals surface area contributed by atoms with Crippen molar-refractivity contribution >= 4 is 51.7 Å². The van der Waals surface area contributed by atoms with Gasteiger partial charge in [-0.3, -0.25) is 19.8 Å². The van der Waals surface area contributed by atoms with Crippen LogP contribution in [-0.4, -0.2) is 22.3 Å². The first-order chi connectivity index (χ1) is 16.8. The maximum Gasteiger partial charge on any atom is 0.280 e. The zero-order valence-corrected chi connectivity index (χ0v) is 20.9. The predicted octanol–water partition coefficient (Wildman–Crippen LogP) is 6.21. The van der Waals surface area contributed by atoms with Gasteiger partial charge in [-0.1, -0.05) is 60.4 Å². The number of ether oxygens (including phenoxy) is 2. The highest BCUT2D eigenvalue weighted by Gasteiger charge is 2.34. The molecule has 0 saturated carbocycles. The number of nitro benzene ring substituents is 1. The Morgan fingerprint density at radius 1 is 1.06 bits per heavy atom. The molecule has 1 aliphatic rings. The first-order valence-corrected chi connectivity index (χ1v) is 11.9. The van der Waals surface area contributed by atoms with E-state index in [1.54, 1.807) is 0 Å². The molecule has 35 heavy (non-hydrogen) atoms. The molecule has 1 aliphatic heterocycles. The van der Waals surface area contributed by atoms with E-state index in [9.17, 15) is 14.9 Å². The second kappa shape index (κ2) is 10.3. The van der Waals surface area contributed by atoms with Crippen LogP contribution in [0.5, 0.6) is 11.5 Å². The van der Waals surface area contributed by atoms with Crippen molar-refractivity contribution in [2.45, 2.75) is 20.5 Å². The van der Waals surface area contributed by atoms with Crippen LogP contribution in [0.15, 0.2) is 65.6 Å². The molecule has 0 bridgehead atoms. The average molecular weight is 507 g/mol. The van der Waals surface area contributed by atoms with E-state index in [0.29, 0.717) is 15.8 Å². The van der Waals surface area contributed by atoms with Crippen LogP contribution >= 0.6 is 24.0 Å². The molecule has 3 aromatic carbocycles. The molecule has 0 aromatic heterocycles. The fraction of sp³-hybridized carbons (Fsp3) is 0.154. The fourth-order valence-electron chi connectivity index (χ4n) is 3.54. The largest absolute Gasteiger partial charge is 0.493 e. The standard InChI is InChI=1S/C26H22N2O5S2/c1-16-9-10-20(11-17(16)2)27-25(29)24(35-26(27)34)13-19-12-22(32-3)23(14-21(19)28(30)31)33-15-18-7-5-4-6-8-18/h4-14H,15H2,1-3H3/b24-13+. The van der Waals surface area contributed by atoms with Gasteiger partial charge in [-0.15, -0.1) is 0 Å². The van der Waals surface area contributed by atoms with E-state index in [1.165, 1.54) is 30.2 Å². The third-order valence-corrected chi connectivity index (χ3v) is 6.88. The number of rotatable bonds is 7. The number of hydrogen-bond donors (Lipinski definition) is 0. The Balaban J connectivity index is 1.67. The molecule has 1 fully saturated rings. The zero-order valence-electron chi connectivity index (χ0n) is 19.3. The van der Waals surface area contributed by atoms with Crippen molar-refractivity contribution in [3.8, 4) is 11.5 Å². The second-order valence-corrected chi connectivity index (χ2v) is 9.55. The monoisotopic (exact) mass is 506 g/mol. The van der Waals surface area contributed by atoms with Gasteiger partial charge >= 0.3 is 0 Å². The summed E-state index contributed by atoms with van der Waals surface area (Å²) in [4.78, 5) is 26.3. The summed E-state index contributed by atoms with van der Waals surface area (Å²) in [5.41, 5.74) is 3.73. The minimum absolute atomic E-state index is 0.203. The lowest BCUT2D eigenvalue weighted by Gasteiger charge is -2.16. The number of nitro groups is 1. The number of methoxy groups -OCH3 is 1. The van der Waals surface area contributed by atoms with E-state index in [2.05, 4.69) is 0 Å². The zero-order chi connectivity index (χ0) is 25.1. The molecule has 3 aromatic rings. The van der Waals surface area contributed by atoms with Crippen molar-refractivity contribution in [2.24, 2.45) is 0 Å². The number of anilines is 1. The lowest BCUT2D eigenvalue weighted by molar-refractivity contribution is -0.385. The molecular weight excluding hydrogens is 484 g/mol. The van der Waals surface area contributed by atoms with Gasteiger partial charge in [0, 0.05) is 0 Å². The minimum atomic E-state index is -0.509. The molecule has 0 N–H and O–H groups in total. The highest BCUT2D eigenvalue weighted by Crippen LogP contribution is 2.40. The number of amides is 1. The van der Waals surface area contributed by atoms with Crippen LogP contribution in [0.3, 0.4) is 0 Å². The van der Waals surface area contributed by atoms with Gasteiger partial charge in [0.25, 0.3) is 11.6 Å². The first kappa shape index (κ1) is 24.4. The highest BCUT2D eigenvalue weighted by molar-refractivity contribution is 8.27. The van der Waals surface area contributed by atoms with Crippen LogP contribution in [-0.2, 0) is 11.4 Å². The smallest absolute Gasteiger partial charge is 0.280 e. The number of hydrogen-bond acceptors (Lipinski definition) is 7. The average Bonchev–Trinajstić information content (AvgIpc) is 3.12. The second-order valence-electron chi connectivity index (χ2n) is 7.88. The van der Waals surface area contributed by atoms with Crippen molar-refractivity contribution in [2.75, 3.05) is 12.0 Å². The topological polar surface area (TPSA) is 81.9 Å². The van der Waals surface area contributed by atoms with E-state index in [-0.39, 0.29) is 34.4 Å². The Kier molecular flexibility index (Phi) is 7.18. The van der Waals surface area contributed by atoms with Crippen LogP contribution in [0.25, 0.3) is 6.08 Å². The fourth-order valence-corrected chi connectivity index (χ4v) is 4.83. The minimum Gasteiger partial charge on any atom is -0.493 e. The lowest BCUT2D eigenvalue weighted by Crippen LogP contribution is -2.27. The van der Waals surface area contributed by atoms with E-state index < -0.39 is 4.92 Å². The summed E-state index contributed by atoms with van der Waals surface area (Å²) >= 11 is 6.55. The van der Waals surface area contributed by atoms with Gasteiger partial charge < -0.3 is 9.47 Å². The molecule has 1 heterocycles. The quantitative estimate of drug-likeness (QED) is 0.163. The first-order valence-electron chi connectivity index (χ1n) is 10.7. The van der Waals surface area contributed by atoms with Gasteiger partial charge in [0.2, 0.25) is 0 Å². The summed E-state index contributed by atoms with van der Waals surface area (Å²) in [5, 5.41) is 11.9. The van der Waals surface area contributed by atoms with Crippen LogP contribution < -0.4 is 14.4 Å². The van der Waals surface area contributed by atoms with Crippen LogP contribution in [0.1, 0.15) is 22.3 Å². The molecule has 0 atom stereocenters. The molecule has 0 unspecified atom stereocenters. The molecule has 1 amide bonds. The normalized spacial score (nSPS) is 14.5. The molecule has 0 spiro atoms. The molecule has 0 aliphatic carbocycles. The number of nitrogens with zero attached hydrogens (tertiary/aromatic N) is 2. The molecule has 9 heteroatoms. The van der Waals surface area contributed by atoms with Gasteiger partial charge in [0.05, 0.1) is 34.3 Å². The van der Waals surface area contributed by atoms with Crippen molar-refractivity contribution in [3.05, 3.63) is 97.9 Å². The summed E-state index contributed by atoms with van der Waals surface area (Å²) in [6, 6.07) is 17.9. The number of aryl methyl sites for hydroxylation is 2. The van der Waals surface area contributed by atoms with E-state index >= 15 is 0 Å². The number of carbonyl (C=O) groups is 1. The number of carbonyl (C=O) groups excluding carboxylic acids is 1. The Morgan fingerprint density at radius 3 is 2.46 bits per heavy atom. The van der Waals surface area contributed by atoms with Crippen molar-refractivity contribution in [1.29, 1.82) is 0 Å². The Labute approximate surface area is 212 Å². The Bertz CT molecular complexity index is 1360. The molecule has 1 saturated heterocycles. The van der Waals surface area contributed by atoms with Crippen molar-refractivity contribution < 1.29 is 19.2 Å². The van der Waals surface area contributed by atoms with Crippen LogP contribution in [0, 0.1) is 24.0 Å². The molecular formula is C26H22N2O5S2. The molecule has 0 radical (unpaired) electrons. The maximum absolute atomic E-state index is 13.2. The molecule has 7 nitrogen and oxygen atoms in total. The number of thiocarbonyl (C=S) groups is 1. The molecule has 178 valence electrons. The highest BCUT2D eigenvalue weighted by atomic mass is 32.2. The van der Waals surface area contributed by atoms with Gasteiger partial charge in [-0.25, -0.2) is 0 Å². The van der Waals surface area contributed by atoms with Crippen LogP contribution in [0.2, 0.25) is 0 Å². The van der Waals surface area contributed by atoms with E-state index in [1.807, 2.05) is 62.4 Å². The third kappa shape index (κ3) is 5.21. The summed E-state index contributed by atoms with van der Waals surface area (Å²) in [5.74, 6) is 0.228. The SMILES string of the molecule is COc1cc(/C=C2/SC(=S)N(c3ccc(C)c(C)c3)C2=O)c([N+](=O)[O-])cc1OCc1ccccc1. The van der Waals surface area contributed by atoms with Gasteiger partial charge in [-0.05, 0) is 54.8 Å². The lowest BCUT2D eigenvalue weighted by atomic mass is 10.1. The summed E-state index contributed by atoms with van der Waals surface area (Å²) in [6.45, 7) is 4.18. The Morgan fingerprint density at radius 2 is 1.80 bits per heavy atom. The number of thioether (sulfide) groups is 1. The third-order valence-electron chi connectivity index (χ3n) is 5.58. The Hall–Kier alpha value is -3.69. The van der Waals surface area contributed by atoms with Crippen molar-refractivity contribution in [1.82, 2.24) is 0 Å². The van der Waals surface area contributed by atoms with Crippen molar-refractivity contribution in [3.63, 3.8) is 0 Å². The number of benzene rings is 3. The summed E-state index contributed by atoms with van der Waals surface area (Å²) in [7, 11) is 1.46. The summed E-state index contributed by atoms with van der Waals surface area (Å²) in [6.07, 6.45) is 1.47. The van der Waals surface area contributed by atoms with Crippen LogP contribution in [0.4, 0.5) is 11.4 Å². The van der Waals surface area contributed by atoms with Gasteiger partial charge in [-0.2, -0.15) is 0 Å². The summed E-state index contributed by atoms with van der Waals surface area (Å²) < 4.78 is 11.6. The molecule has 4 rings (SSSR count). The van der Waals surface area contributed by atoms with Gasteiger partial charge in [0.1, 0.15) is 6.61 Å². The van der Waals surface area contributed by atoms with E-state index in [4.69, 9.17) is 21.7 Å². The van der Waals surface area contributed by atoms with Gasteiger partial charge in [0.15, 0.2) is 15.8 Å². The van der Waals surface area contributed by atoms with E-state index in [0.717, 1.165) is 28.5 Å². The predicted molar refractivity (Wildman–Crippen MR) is 142 cm³/mol. The maximum atomic E-state index is 13.2.